The Hall–Kier alpha value is -9.22. The topological polar surface area (TPSA) is 57.4 Å². The second-order valence-electron chi connectivity index (χ2n) is 18.5. The van der Waals surface area contributed by atoms with E-state index < -0.39 is 0 Å². The second-order valence-corrected chi connectivity index (χ2v) is 18.5. The van der Waals surface area contributed by atoms with Crippen LogP contribution in [-0.4, -0.2) is 9.13 Å². The maximum absolute atomic E-state index is 11.2. The highest BCUT2D eigenvalue weighted by Gasteiger charge is 2.24. The summed E-state index contributed by atoms with van der Waals surface area (Å²) in [5.41, 5.74) is 22.8. The van der Waals surface area contributed by atoms with Gasteiger partial charge in [-0.1, -0.05) is 133 Å². The molecule has 0 aliphatic rings. The van der Waals surface area contributed by atoms with Gasteiger partial charge >= 0.3 is 0 Å². The number of rotatable bonds is 7. The molecule has 4 heteroatoms. The smallest absolute Gasteiger partial charge is 0.0998 e. The van der Waals surface area contributed by atoms with E-state index in [9.17, 15) is 10.5 Å². The third-order valence-corrected chi connectivity index (χ3v) is 14.4. The van der Waals surface area contributed by atoms with E-state index in [-0.39, 0.29) is 0 Å². The lowest BCUT2D eigenvalue weighted by atomic mass is 9.96. The number of hydrogen-bond acceptors (Lipinski definition) is 2. The quantitative estimate of drug-likeness (QED) is 0.160. The minimum absolute atomic E-state index is 0.515. The molecule has 0 aliphatic heterocycles. The van der Waals surface area contributed by atoms with Gasteiger partial charge in [-0.2, -0.15) is 10.5 Å². The minimum atomic E-state index is 0.515. The molecule has 0 bridgehead atoms. The van der Waals surface area contributed by atoms with Crippen LogP contribution in [0.25, 0.3) is 111 Å². The van der Waals surface area contributed by atoms with Gasteiger partial charge in [0.15, 0.2) is 0 Å². The van der Waals surface area contributed by atoms with Gasteiger partial charge in [-0.15, -0.1) is 0 Å². The molecule has 70 heavy (non-hydrogen) atoms. The van der Waals surface area contributed by atoms with Gasteiger partial charge < -0.3 is 9.13 Å². The van der Waals surface area contributed by atoms with Crippen molar-refractivity contribution >= 4 is 43.6 Å². The van der Waals surface area contributed by atoms with E-state index in [1.807, 2.05) is 24.3 Å². The van der Waals surface area contributed by atoms with E-state index in [0.29, 0.717) is 11.1 Å². The van der Waals surface area contributed by atoms with Gasteiger partial charge in [0, 0.05) is 27.1 Å². The Morgan fingerprint density at radius 2 is 0.643 bits per heavy atom. The van der Waals surface area contributed by atoms with Crippen LogP contribution in [0.2, 0.25) is 0 Å². The normalized spacial score (nSPS) is 11.4. The van der Waals surface area contributed by atoms with Crippen molar-refractivity contribution in [3.8, 4) is 79.1 Å². The zero-order valence-electron chi connectivity index (χ0n) is 39.4. The molecule has 0 saturated carbocycles. The Bertz CT molecular complexity index is 4000. The highest BCUT2D eigenvalue weighted by molar-refractivity contribution is 6.14. The van der Waals surface area contributed by atoms with E-state index in [4.69, 9.17) is 0 Å². The van der Waals surface area contributed by atoms with Crippen LogP contribution in [0.15, 0.2) is 206 Å². The van der Waals surface area contributed by atoms with Crippen LogP contribution < -0.4 is 0 Å². The molecule has 4 nitrogen and oxygen atoms in total. The molecule has 12 rings (SSSR count). The van der Waals surface area contributed by atoms with Crippen LogP contribution in [0.4, 0.5) is 0 Å². The molecular formula is C66H46N4. The van der Waals surface area contributed by atoms with Crippen LogP contribution in [0.3, 0.4) is 0 Å². The molecule has 12 aromatic rings. The Morgan fingerprint density at radius 1 is 0.300 bits per heavy atom. The number of aromatic nitrogens is 2. The molecule has 2 aromatic heterocycles. The van der Waals surface area contributed by atoms with Crippen molar-refractivity contribution in [1.29, 1.82) is 10.5 Å². The molecule has 0 aliphatic carbocycles. The average molecular weight is 895 g/mol. The number of nitrogens with zero attached hydrogens (tertiary/aromatic N) is 4. The van der Waals surface area contributed by atoms with Gasteiger partial charge in [0.1, 0.15) is 0 Å². The van der Waals surface area contributed by atoms with E-state index in [0.717, 1.165) is 88.4 Å². The van der Waals surface area contributed by atoms with Crippen molar-refractivity contribution < 1.29 is 0 Å². The highest BCUT2D eigenvalue weighted by Crippen LogP contribution is 2.44. The second kappa shape index (κ2) is 16.8. The molecule has 0 N–H and O–H groups in total. The summed E-state index contributed by atoms with van der Waals surface area (Å²) in [5.74, 6) is 0. The van der Waals surface area contributed by atoms with Crippen molar-refractivity contribution in [2.75, 3.05) is 0 Å². The lowest BCUT2D eigenvalue weighted by Crippen LogP contribution is -2.05. The molecule has 10 aromatic carbocycles. The number of hydrogen-bond donors (Lipinski definition) is 0. The van der Waals surface area contributed by atoms with Crippen LogP contribution >= 0.6 is 0 Å². The predicted molar refractivity (Wildman–Crippen MR) is 291 cm³/mol. The van der Waals surface area contributed by atoms with Crippen LogP contribution in [0.5, 0.6) is 0 Å². The number of benzene rings is 10. The first-order valence-corrected chi connectivity index (χ1v) is 23.8. The molecule has 0 saturated heterocycles. The van der Waals surface area contributed by atoms with Crippen molar-refractivity contribution in [3.05, 3.63) is 240 Å². The van der Waals surface area contributed by atoms with Gasteiger partial charge in [-0.3, -0.25) is 0 Å². The first kappa shape index (κ1) is 42.2. The number of aryl methyl sites for hydroxylation is 4. The van der Waals surface area contributed by atoms with E-state index in [2.05, 4.69) is 231 Å². The molecule has 330 valence electrons. The zero-order valence-corrected chi connectivity index (χ0v) is 39.4. The summed E-state index contributed by atoms with van der Waals surface area (Å²) in [6, 6.07) is 78.4. The molecule has 0 spiro atoms. The summed E-state index contributed by atoms with van der Waals surface area (Å²) >= 11 is 0. The lowest BCUT2D eigenvalue weighted by Gasteiger charge is -2.20. The Labute approximate surface area is 407 Å². The Kier molecular flexibility index (Phi) is 10.1. The number of nitriles is 2. The molecule has 0 amide bonds. The van der Waals surface area contributed by atoms with Gasteiger partial charge in [0.2, 0.25) is 0 Å². The van der Waals surface area contributed by atoms with Crippen molar-refractivity contribution in [1.82, 2.24) is 9.13 Å². The summed E-state index contributed by atoms with van der Waals surface area (Å²) in [6.45, 7) is 8.68. The lowest BCUT2D eigenvalue weighted by molar-refractivity contribution is 1.09. The van der Waals surface area contributed by atoms with Gasteiger partial charge in [0.05, 0.1) is 56.7 Å². The fraction of sp³-hybridized carbons (Fsp3) is 0.0606. The van der Waals surface area contributed by atoms with Crippen LogP contribution in [0.1, 0.15) is 33.4 Å². The van der Waals surface area contributed by atoms with Gasteiger partial charge in [0.25, 0.3) is 0 Å². The van der Waals surface area contributed by atoms with Gasteiger partial charge in [-0.05, 0) is 173 Å². The molecular weight excluding hydrogens is 849 g/mol. The summed E-state index contributed by atoms with van der Waals surface area (Å²) in [5, 5.41) is 25.8. The summed E-state index contributed by atoms with van der Waals surface area (Å²) < 4.78 is 4.75. The predicted octanol–water partition coefficient (Wildman–Crippen LogP) is 17.2. The maximum atomic E-state index is 11.2. The Morgan fingerprint density at radius 3 is 0.986 bits per heavy atom. The van der Waals surface area contributed by atoms with Crippen molar-refractivity contribution in [3.63, 3.8) is 0 Å². The van der Waals surface area contributed by atoms with E-state index in [1.165, 1.54) is 44.5 Å². The molecule has 0 radical (unpaired) electrons. The summed E-state index contributed by atoms with van der Waals surface area (Å²) in [7, 11) is 0. The maximum Gasteiger partial charge on any atom is 0.0998 e. The first-order valence-electron chi connectivity index (χ1n) is 23.8. The fourth-order valence-electron chi connectivity index (χ4n) is 10.8. The Balaban J connectivity index is 1.22. The monoisotopic (exact) mass is 894 g/mol. The number of fused-ring (bicyclic) bond motifs is 6. The molecule has 2 heterocycles. The largest absolute Gasteiger partial charge is 0.307 e. The standard InChI is InChI=1S/C66H46N4/c1-41-14-5-9-20-52(41)47-24-28-61-57(33-47)58-34-48(53-21-10-6-15-42(53)2)25-29-62(58)69(61)65-37-51(40-68)56(46-19-13-18-45(32-46)39-67)38-66(65)70-63-30-26-49(54-22-11-7-16-43(54)3)35-59(63)60-36-50(27-31-64(60)70)55-23-12-8-17-44(55)4/h5-38H,1-4H3. The first-order chi connectivity index (χ1) is 34.3. The fourth-order valence-corrected chi connectivity index (χ4v) is 10.8. The van der Waals surface area contributed by atoms with Crippen molar-refractivity contribution in [2.45, 2.75) is 27.7 Å². The molecule has 0 fully saturated rings. The summed E-state index contributed by atoms with van der Waals surface area (Å²) in [6.07, 6.45) is 0. The summed E-state index contributed by atoms with van der Waals surface area (Å²) in [4.78, 5) is 0. The minimum Gasteiger partial charge on any atom is -0.307 e. The third-order valence-electron chi connectivity index (χ3n) is 14.4. The van der Waals surface area contributed by atoms with Crippen LogP contribution in [0, 0.1) is 50.4 Å². The third kappa shape index (κ3) is 6.89. The van der Waals surface area contributed by atoms with Gasteiger partial charge in [-0.25, -0.2) is 0 Å². The molecule has 0 atom stereocenters. The SMILES string of the molecule is Cc1ccccc1-c1ccc2c(c1)c1cc(-c3ccccc3C)ccc1n2-c1cc(C#N)c(-c2cccc(C#N)c2)cc1-n1c2ccc(-c3ccccc3C)cc2c2cc(-c3ccccc3C)ccc21. The zero-order chi connectivity index (χ0) is 47.6. The van der Waals surface area contributed by atoms with Crippen molar-refractivity contribution in [2.24, 2.45) is 0 Å². The van der Waals surface area contributed by atoms with E-state index >= 15 is 0 Å². The van der Waals surface area contributed by atoms with Crippen LogP contribution in [-0.2, 0) is 0 Å². The molecule has 0 unspecified atom stereocenters. The van der Waals surface area contributed by atoms with E-state index in [1.54, 1.807) is 0 Å². The highest BCUT2D eigenvalue weighted by atomic mass is 15.1. The average Bonchev–Trinajstić information content (AvgIpc) is 3.90.